The van der Waals surface area contributed by atoms with Crippen LogP contribution in [0.2, 0.25) is 0 Å². The van der Waals surface area contributed by atoms with E-state index in [1.54, 1.807) is 4.90 Å². The first-order valence-corrected chi connectivity index (χ1v) is 7.83. The van der Waals surface area contributed by atoms with Crippen molar-refractivity contribution in [1.29, 1.82) is 0 Å². The Balaban J connectivity index is 2.36. The van der Waals surface area contributed by atoms with E-state index in [0.717, 1.165) is 19.3 Å². The molecule has 6 heteroatoms. The highest BCUT2D eigenvalue weighted by Crippen LogP contribution is 2.07. The van der Waals surface area contributed by atoms with E-state index in [1.807, 2.05) is 13.8 Å². The Morgan fingerprint density at radius 2 is 1.57 bits per heavy atom. The molecular weight excluding hydrogens is 270 g/mol. The minimum Gasteiger partial charge on any atom is -0.346 e. The molecule has 0 aromatic carbocycles. The van der Waals surface area contributed by atoms with E-state index >= 15 is 0 Å². The smallest absolute Gasteiger partial charge is 0.312 e. The molecule has 1 fully saturated rings. The molecule has 0 aromatic rings. The summed E-state index contributed by atoms with van der Waals surface area (Å²) in [5, 5.41) is 2.60. The van der Waals surface area contributed by atoms with Crippen LogP contribution in [0.4, 0.5) is 0 Å². The lowest BCUT2D eigenvalue weighted by Gasteiger charge is -2.34. The number of hydrogen-bond acceptors (Lipinski definition) is 3. The number of nitrogens with zero attached hydrogens (tertiary/aromatic N) is 2. The van der Waals surface area contributed by atoms with Gasteiger partial charge in [-0.15, -0.1) is 0 Å². The van der Waals surface area contributed by atoms with E-state index in [1.165, 1.54) is 4.90 Å². The maximum Gasteiger partial charge on any atom is 0.312 e. The summed E-state index contributed by atoms with van der Waals surface area (Å²) in [6, 6.07) is -0.0529. The molecule has 0 radical (unpaired) electrons. The highest BCUT2D eigenvalue weighted by Gasteiger charge is 2.27. The highest BCUT2D eigenvalue weighted by atomic mass is 16.2. The Morgan fingerprint density at radius 1 is 1.00 bits per heavy atom. The van der Waals surface area contributed by atoms with Crippen LogP contribution in [0.25, 0.3) is 0 Å². The van der Waals surface area contributed by atoms with Gasteiger partial charge in [-0.05, 0) is 20.3 Å². The van der Waals surface area contributed by atoms with Crippen LogP contribution >= 0.6 is 0 Å². The summed E-state index contributed by atoms with van der Waals surface area (Å²) in [5.74, 6) is -0.906. The van der Waals surface area contributed by atoms with Crippen molar-refractivity contribution in [2.45, 2.75) is 52.5 Å². The van der Waals surface area contributed by atoms with Crippen LogP contribution in [-0.4, -0.2) is 59.7 Å². The number of carbonyl (C=O) groups is 3. The molecule has 0 atom stereocenters. The monoisotopic (exact) mass is 297 g/mol. The molecular formula is C15H27N3O3. The van der Waals surface area contributed by atoms with Gasteiger partial charge >= 0.3 is 11.8 Å². The minimum absolute atomic E-state index is 0.0529. The number of nitrogens with one attached hydrogen (secondary N) is 1. The summed E-state index contributed by atoms with van der Waals surface area (Å²) >= 11 is 0. The number of unbranched alkanes of at least 4 members (excludes halogenated alkanes) is 2. The Morgan fingerprint density at radius 3 is 2.10 bits per heavy atom. The van der Waals surface area contributed by atoms with Gasteiger partial charge in [-0.3, -0.25) is 14.4 Å². The van der Waals surface area contributed by atoms with Crippen molar-refractivity contribution >= 4 is 17.7 Å². The number of carbonyl (C=O) groups excluding carboxylic acids is 3. The van der Waals surface area contributed by atoms with Crippen molar-refractivity contribution in [2.75, 3.05) is 26.2 Å². The second-order valence-electron chi connectivity index (χ2n) is 5.76. The van der Waals surface area contributed by atoms with Crippen molar-refractivity contribution in [3.63, 3.8) is 0 Å². The third-order valence-corrected chi connectivity index (χ3v) is 3.53. The maximum atomic E-state index is 12.0. The maximum absolute atomic E-state index is 12.0. The van der Waals surface area contributed by atoms with Crippen LogP contribution < -0.4 is 5.32 Å². The van der Waals surface area contributed by atoms with Crippen molar-refractivity contribution in [3.05, 3.63) is 0 Å². The quantitative estimate of drug-likeness (QED) is 0.602. The molecule has 1 aliphatic rings. The van der Waals surface area contributed by atoms with Gasteiger partial charge in [0, 0.05) is 38.6 Å². The fourth-order valence-electron chi connectivity index (χ4n) is 2.31. The second-order valence-corrected chi connectivity index (χ2v) is 5.76. The van der Waals surface area contributed by atoms with Gasteiger partial charge in [-0.2, -0.15) is 0 Å². The third kappa shape index (κ3) is 5.73. The van der Waals surface area contributed by atoms with E-state index in [9.17, 15) is 14.4 Å². The van der Waals surface area contributed by atoms with Gasteiger partial charge in [0.2, 0.25) is 5.91 Å². The Kier molecular flexibility index (Phi) is 7.19. The Labute approximate surface area is 126 Å². The number of amides is 3. The second kappa shape index (κ2) is 8.64. The van der Waals surface area contributed by atoms with E-state index in [2.05, 4.69) is 12.2 Å². The summed E-state index contributed by atoms with van der Waals surface area (Å²) in [7, 11) is 0. The number of rotatable bonds is 5. The van der Waals surface area contributed by atoms with Crippen LogP contribution in [0.15, 0.2) is 0 Å². The Hall–Kier alpha value is -1.59. The minimum atomic E-state index is -0.562. The summed E-state index contributed by atoms with van der Waals surface area (Å²) in [6.45, 7) is 7.65. The van der Waals surface area contributed by atoms with E-state index < -0.39 is 11.8 Å². The highest BCUT2D eigenvalue weighted by molar-refractivity contribution is 6.35. The first-order valence-electron chi connectivity index (χ1n) is 7.83. The van der Waals surface area contributed by atoms with Crippen molar-refractivity contribution in [1.82, 2.24) is 15.1 Å². The molecule has 0 aromatic heterocycles. The molecule has 21 heavy (non-hydrogen) atoms. The molecule has 0 spiro atoms. The van der Waals surface area contributed by atoms with Crippen LogP contribution in [0.5, 0.6) is 0 Å². The first-order chi connectivity index (χ1) is 9.95. The van der Waals surface area contributed by atoms with Gasteiger partial charge in [-0.25, -0.2) is 0 Å². The lowest BCUT2D eigenvalue weighted by atomic mass is 10.2. The van der Waals surface area contributed by atoms with Crippen LogP contribution in [0.3, 0.4) is 0 Å². The average Bonchev–Trinajstić information content (AvgIpc) is 2.46. The van der Waals surface area contributed by atoms with Gasteiger partial charge < -0.3 is 15.1 Å². The zero-order valence-corrected chi connectivity index (χ0v) is 13.4. The fourth-order valence-corrected chi connectivity index (χ4v) is 2.31. The normalized spacial score (nSPS) is 15.2. The standard InChI is InChI=1S/C15H27N3O3/c1-4-5-6-7-13(19)17-8-10-18(11-9-17)15(21)14(20)16-12(2)3/h12H,4-11H2,1-3H3,(H,16,20). The summed E-state index contributed by atoms with van der Waals surface area (Å²) in [5.41, 5.74) is 0. The van der Waals surface area contributed by atoms with Crippen molar-refractivity contribution < 1.29 is 14.4 Å². The van der Waals surface area contributed by atoms with E-state index in [-0.39, 0.29) is 11.9 Å². The molecule has 0 saturated carbocycles. The summed E-state index contributed by atoms with van der Waals surface area (Å²) in [6.07, 6.45) is 3.67. The van der Waals surface area contributed by atoms with E-state index in [0.29, 0.717) is 32.6 Å². The van der Waals surface area contributed by atoms with Gasteiger partial charge in [0.1, 0.15) is 0 Å². The lowest BCUT2D eigenvalue weighted by molar-refractivity contribution is -0.148. The van der Waals surface area contributed by atoms with Crippen LogP contribution in [0.1, 0.15) is 46.5 Å². The van der Waals surface area contributed by atoms with Crippen molar-refractivity contribution in [3.8, 4) is 0 Å². The van der Waals surface area contributed by atoms with Gasteiger partial charge in [0.15, 0.2) is 0 Å². The molecule has 1 N–H and O–H groups in total. The lowest BCUT2D eigenvalue weighted by Crippen LogP contribution is -2.54. The van der Waals surface area contributed by atoms with Gasteiger partial charge in [-0.1, -0.05) is 19.8 Å². The molecule has 120 valence electrons. The molecule has 1 rings (SSSR count). The molecule has 1 heterocycles. The van der Waals surface area contributed by atoms with Gasteiger partial charge in [0.05, 0.1) is 0 Å². The number of hydrogen-bond donors (Lipinski definition) is 1. The molecule has 6 nitrogen and oxygen atoms in total. The van der Waals surface area contributed by atoms with E-state index in [4.69, 9.17) is 0 Å². The molecule has 0 unspecified atom stereocenters. The van der Waals surface area contributed by atoms with Gasteiger partial charge in [0.25, 0.3) is 0 Å². The summed E-state index contributed by atoms with van der Waals surface area (Å²) in [4.78, 5) is 38.9. The zero-order valence-electron chi connectivity index (χ0n) is 13.4. The SMILES string of the molecule is CCCCCC(=O)N1CCN(C(=O)C(=O)NC(C)C)CC1. The predicted molar refractivity (Wildman–Crippen MR) is 80.6 cm³/mol. The predicted octanol–water partition coefficient (Wildman–Crippen LogP) is 0.762. The Bertz CT molecular complexity index is 374. The summed E-state index contributed by atoms with van der Waals surface area (Å²) < 4.78 is 0. The molecule has 0 bridgehead atoms. The third-order valence-electron chi connectivity index (χ3n) is 3.53. The molecule has 1 aliphatic heterocycles. The fraction of sp³-hybridized carbons (Fsp3) is 0.800. The van der Waals surface area contributed by atoms with Crippen molar-refractivity contribution in [2.24, 2.45) is 0 Å². The molecule has 1 saturated heterocycles. The average molecular weight is 297 g/mol. The largest absolute Gasteiger partial charge is 0.346 e. The van der Waals surface area contributed by atoms with Crippen LogP contribution in [-0.2, 0) is 14.4 Å². The zero-order chi connectivity index (χ0) is 15.8. The number of piperazine rings is 1. The topological polar surface area (TPSA) is 69.7 Å². The molecule has 3 amide bonds. The first kappa shape index (κ1) is 17.5. The van der Waals surface area contributed by atoms with Crippen LogP contribution in [0, 0.1) is 0 Å². The molecule has 0 aliphatic carbocycles.